The smallest absolute Gasteiger partial charge is 0.00531 e. The van der Waals surface area contributed by atoms with Crippen LogP contribution >= 0.6 is 0 Å². The van der Waals surface area contributed by atoms with Crippen molar-refractivity contribution in [3.05, 3.63) is 19.1 Å². The zero-order chi connectivity index (χ0) is 5.82. The van der Waals surface area contributed by atoms with Crippen molar-refractivity contribution in [3.8, 4) is 0 Å². The van der Waals surface area contributed by atoms with E-state index >= 15 is 0 Å². The largest absolute Gasteiger partial charge is 0.0810 e. The lowest BCUT2D eigenvalue weighted by atomic mass is 10.1. The Labute approximate surface area is 51.6 Å². The highest BCUT2D eigenvalue weighted by molar-refractivity contribution is 5.12. The fraction of sp³-hybridized carbons (Fsp3) is 0.625. The topological polar surface area (TPSA) is 0 Å². The molecule has 0 heteroatoms. The minimum Gasteiger partial charge on any atom is -0.0810 e. The third-order valence-electron chi connectivity index (χ3n) is 1.50. The van der Waals surface area contributed by atoms with Crippen LogP contribution in [0.4, 0.5) is 0 Å². The van der Waals surface area contributed by atoms with Gasteiger partial charge in [-0.1, -0.05) is 38.3 Å². The molecule has 0 aromatic carbocycles. The molecule has 0 heterocycles. The van der Waals surface area contributed by atoms with Crippen molar-refractivity contribution in [2.45, 2.75) is 25.7 Å². The Balaban J connectivity index is 1.75. The van der Waals surface area contributed by atoms with Gasteiger partial charge in [-0.15, -0.1) is 0 Å². The molecule has 0 saturated heterocycles. The number of rotatable bonds is 4. The summed E-state index contributed by atoms with van der Waals surface area (Å²) in [6.07, 6.45) is 9.67. The molecule has 0 N–H and O–H groups in total. The highest BCUT2D eigenvalue weighted by atomic mass is 14.1. The van der Waals surface area contributed by atoms with Gasteiger partial charge in [0.2, 0.25) is 0 Å². The van der Waals surface area contributed by atoms with Crippen LogP contribution in [0.25, 0.3) is 0 Å². The van der Waals surface area contributed by atoms with E-state index in [1.54, 1.807) is 0 Å². The van der Waals surface area contributed by atoms with E-state index < -0.39 is 0 Å². The Kier molecular flexibility index (Phi) is 2.13. The lowest BCUT2D eigenvalue weighted by Crippen LogP contribution is -1.77. The van der Waals surface area contributed by atoms with Crippen LogP contribution < -0.4 is 0 Å². The lowest BCUT2D eigenvalue weighted by Gasteiger charge is -1.93. The molecule has 45 valence electrons. The molecule has 0 aromatic rings. The van der Waals surface area contributed by atoms with Crippen LogP contribution in [0.2, 0.25) is 0 Å². The minimum atomic E-state index is 0.876. The van der Waals surface area contributed by atoms with E-state index in [0.29, 0.717) is 0 Å². The average Bonchev–Trinajstić information content (AvgIpc) is 2.51. The molecule has 0 fully saturated rings. The summed E-state index contributed by atoms with van der Waals surface area (Å²) >= 11 is 0. The monoisotopic (exact) mass is 109 g/mol. The Morgan fingerprint density at radius 1 is 1.25 bits per heavy atom. The van der Waals surface area contributed by atoms with Gasteiger partial charge < -0.3 is 0 Å². The van der Waals surface area contributed by atoms with Crippen LogP contribution in [-0.4, -0.2) is 0 Å². The highest BCUT2D eigenvalue weighted by Crippen LogP contribution is 2.22. The van der Waals surface area contributed by atoms with E-state index in [4.69, 9.17) is 0 Å². The summed E-state index contributed by atoms with van der Waals surface area (Å²) in [5.41, 5.74) is 0. The molecule has 1 radical (unpaired) electrons. The summed E-state index contributed by atoms with van der Waals surface area (Å²) in [4.78, 5) is 0. The van der Waals surface area contributed by atoms with Crippen molar-refractivity contribution in [1.29, 1.82) is 0 Å². The van der Waals surface area contributed by atoms with Gasteiger partial charge in [0, 0.05) is 0 Å². The lowest BCUT2D eigenvalue weighted by molar-refractivity contribution is 0.660. The van der Waals surface area contributed by atoms with E-state index in [9.17, 15) is 0 Å². The van der Waals surface area contributed by atoms with Crippen LogP contribution in [0.5, 0.6) is 0 Å². The van der Waals surface area contributed by atoms with Gasteiger partial charge in [0.1, 0.15) is 0 Å². The van der Waals surface area contributed by atoms with Crippen molar-refractivity contribution in [3.63, 3.8) is 0 Å². The molecule has 0 aliphatic heterocycles. The van der Waals surface area contributed by atoms with Crippen LogP contribution in [0.15, 0.2) is 12.2 Å². The van der Waals surface area contributed by atoms with Crippen molar-refractivity contribution >= 4 is 0 Å². The molecule has 1 aliphatic carbocycles. The van der Waals surface area contributed by atoms with Crippen molar-refractivity contribution < 1.29 is 0 Å². The highest BCUT2D eigenvalue weighted by Gasteiger charge is 2.08. The Morgan fingerprint density at radius 3 is 2.50 bits per heavy atom. The molecule has 0 spiro atoms. The van der Waals surface area contributed by atoms with Crippen molar-refractivity contribution in [2.75, 3.05) is 0 Å². The maximum atomic E-state index is 3.78. The number of hydrogen-bond donors (Lipinski definition) is 0. The molecular weight excluding hydrogens is 96.1 g/mol. The second kappa shape index (κ2) is 2.91. The van der Waals surface area contributed by atoms with Crippen LogP contribution in [0.1, 0.15) is 25.7 Å². The molecule has 0 unspecified atom stereocenters. The molecule has 0 aromatic heterocycles. The molecular formula is C8H13. The zero-order valence-electron chi connectivity index (χ0n) is 5.27. The Bertz CT molecular complexity index is 76.0. The maximum Gasteiger partial charge on any atom is -0.00531 e. The summed E-state index contributed by atoms with van der Waals surface area (Å²) in [6, 6.07) is 0. The molecule has 8 heavy (non-hydrogen) atoms. The summed E-state index contributed by atoms with van der Waals surface area (Å²) in [6.45, 7) is 3.78. The molecule has 0 atom stereocenters. The van der Waals surface area contributed by atoms with Crippen molar-refractivity contribution in [2.24, 2.45) is 5.92 Å². The van der Waals surface area contributed by atoms with Crippen LogP contribution in [0, 0.1) is 12.8 Å². The van der Waals surface area contributed by atoms with Crippen molar-refractivity contribution in [1.82, 2.24) is 0 Å². The quantitative estimate of drug-likeness (QED) is 0.384. The molecule has 1 rings (SSSR count). The van der Waals surface area contributed by atoms with E-state index in [-0.39, 0.29) is 0 Å². The first kappa shape index (κ1) is 5.87. The first-order valence-electron chi connectivity index (χ1n) is 3.41. The predicted molar refractivity (Wildman–Crippen MR) is 36.5 cm³/mol. The maximum absolute atomic E-state index is 3.78. The molecule has 0 bridgehead atoms. The van der Waals surface area contributed by atoms with E-state index in [0.717, 1.165) is 12.3 Å². The molecule has 0 saturated carbocycles. The summed E-state index contributed by atoms with van der Waals surface area (Å²) in [5.74, 6) is 0.876. The first-order valence-corrected chi connectivity index (χ1v) is 3.41. The fourth-order valence-corrected chi connectivity index (χ4v) is 0.828. The summed E-state index contributed by atoms with van der Waals surface area (Å²) in [5, 5.41) is 0. The summed E-state index contributed by atoms with van der Waals surface area (Å²) in [7, 11) is 0. The standard InChI is InChI=1S/C8H13/c1-2-3-4-5-8-6-7-8/h6-8H,1-5H2. The van der Waals surface area contributed by atoms with E-state index in [1.165, 1.54) is 19.3 Å². The third-order valence-corrected chi connectivity index (χ3v) is 1.50. The van der Waals surface area contributed by atoms with Gasteiger partial charge >= 0.3 is 0 Å². The normalized spacial score (nSPS) is 17.1. The Hall–Kier alpha value is -0.260. The summed E-state index contributed by atoms with van der Waals surface area (Å²) < 4.78 is 0. The fourth-order valence-electron chi connectivity index (χ4n) is 0.828. The molecule has 0 nitrogen and oxygen atoms in total. The average molecular weight is 109 g/mol. The van der Waals surface area contributed by atoms with E-state index in [1.807, 2.05) is 0 Å². The van der Waals surface area contributed by atoms with Gasteiger partial charge in [0.15, 0.2) is 0 Å². The van der Waals surface area contributed by atoms with Gasteiger partial charge in [0.25, 0.3) is 0 Å². The van der Waals surface area contributed by atoms with Gasteiger partial charge in [-0.3, -0.25) is 0 Å². The van der Waals surface area contributed by atoms with Gasteiger partial charge in [-0.05, 0) is 12.3 Å². The van der Waals surface area contributed by atoms with Crippen LogP contribution in [0.3, 0.4) is 0 Å². The van der Waals surface area contributed by atoms with E-state index in [2.05, 4.69) is 19.1 Å². The molecule has 1 aliphatic rings. The SMILES string of the molecule is [CH2]CCCCC1C=C1. The van der Waals surface area contributed by atoms with Crippen LogP contribution in [-0.2, 0) is 0 Å². The first-order chi connectivity index (χ1) is 3.93. The number of unbranched alkanes of at least 4 members (excludes halogenated alkanes) is 2. The van der Waals surface area contributed by atoms with Gasteiger partial charge in [0.05, 0.1) is 0 Å². The second-order valence-corrected chi connectivity index (χ2v) is 2.40. The predicted octanol–water partition coefficient (Wildman–Crippen LogP) is 2.57. The van der Waals surface area contributed by atoms with Gasteiger partial charge in [-0.25, -0.2) is 0 Å². The second-order valence-electron chi connectivity index (χ2n) is 2.40. The zero-order valence-corrected chi connectivity index (χ0v) is 5.27. The third kappa shape index (κ3) is 2.15. The Morgan fingerprint density at radius 2 is 2.00 bits per heavy atom. The van der Waals surface area contributed by atoms with Gasteiger partial charge in [-0.2, -0.15) is 0 Å². The molecule has 0 amide bonds. The number of allylic oxidation sites excluding steroid dienone is 2. The number of hydrogen-bond acceptors (Lipinski definition) is 0. The minimum absolute atomic E-state index is 0.876.